The molecule has 0 aromatic heterocycles. The zero-order chi connectivity index (χ0) is 15.0. The van der Waals surface area contributed by atoms with Crippen LogP contribution in [0.4, 0.5) is 0 Å². The van der Waals surface area contributed by atoms with Gasteiger partial charge in [-0.15, -0.1) is 6.58 Å². The van der Waals surface area contributed by atoms with Crippen LogP contribution in [0.2, 0.25) is 0 Å². The third-order valence-electron chi connectivity index (χ3n) is 3.69. The van der Waals surface area contributed by atoms with Gasteiger partial charge in [0.2, 0.25) is 0 Å². The highest BCUT2D eigenvalue weighted by molar-refractivity contribution is 5.35. The number of benzene rings is 1. The highest BCUT2D eigenvalue weighted by atomic mass is 14.9. The van der Waals surface area contributed by atoms with Gasteiger partial charge >= 0.3 is 0 Å². The van der Waals surface area contributed by atoms with E-state index in [-0.39, 0.29) is 5.41 Å². The van der Waals surface area contributed by atoms with Gasteiger partial charge in [0, 0.05) is 6.04 Å². The molecule has 1 N–H and O–H groups in total. The van der Waals surface area contributed by atoms with Crippen molar-refractivity contribution in [1.29, 1.82) is 0 Å². The second-order valence-electron chi connectivity index (χ2n) is 6.56. The van der Waals surface area contributed by atoms with Crippen LogP contribution in [0.25, 0.3) is 0 Å². The van der Waals surface area contributed by atoms with Gasteiger partial charge in [-0.1, -0.05) is 58.0 Å². The summed E-state index contributed by atoms with van der Waals surface area (Å²) in [5.74, 6) is 0. The van der Waals surface area contributed by atoms with Crippen molar-refractivity contribution >= 4 is 0 Å². The Balaban J connectivity index is 2.96. The van der Waals surface area contributed by atoms with Crippen molar-refractivity contribution in [2.75, 3.05) is 6.54 Å². The molecule has 1 rings (SSSR count). The molecule has 0 fully saturated rings. The maximum absolute atomic E-state index is 3.83. The highest BCUT2D eigenvalue weighted by Gasteiger charge is 2.21. The van der Waals surface area contributed by atoms with Crippen LogP contribution in [0.15, 0.2) is 36.9 Å². The number of allylic oxidation sites excluding steroid dienone is 1. The van der Waals surface area contributed by atoms with E-state index in [0.717, 1.165) is 13.0 Å². The quantitative estimate of drug-likeness (QED) is 0.495. The molecule has 0 aliphatic carbocycles. The summed E-state index contributed by atoms with van der Waals surface area (Å²) in [6.45, 7) is 14.0. The summed E-state index contributed by atoms with van der Waals surface area (Å²) in [5, 5.41) is 3.72. The minimum Gasteiger partial charge on any atom is -0.310 e. The van der Waals surface area contributed by atoms with Crippen LogP contribution < -0.4 is 5.32 Å². The molecule has 112 valence electrons. The summed E-state index contributed by atoms with van der Waals surface area (Å²) in [5.41, 5.74) is 3.13. The number of rotatable bonds is 8. The number of hydrogen-bond donors (Lipinski definition) is 1. The van der Waals surface area contributed by atoms with Crippen LogP contribution >= 0.6 is 0 Å². The summed E-state index contributed by atoms with van der Waals surface area (Å²) in [7, 11) is 0. The average Bonchev–Trinajstić information content (AvgIpc) is 2.42. The van der Waals surface area contributed by atoms with Gasteiger partial charge < -0.3 is 5.32 Å². The maximum atomic E-state index is 3.83. The molecule has 1 nitrogen and oxygen atoms in total. The van der Waals surface area contributed by atoms with Crippen molar-refractivity contribution in [3.63, 3.8) is 0 Å². The lowest BCUT2D eigenvalue weighted by molar-refractivity contribution is 0.471. The van der Waals surface area contributed by atoms with E-state index in [1.165, 1.54) is 30.4 Å². The van der Waals surface area contributed by atoms with Gasteiger partial charge in [-0.3, -0.25) is 0 Å². The van der Waals surface area contributed by atoms with Crippen molar-refractivity contribution in [3.8, 4) is 0 Å². The van der Waals surface area contributed by atoms with Gasteiger partial charge in [0.05, 0.1) is 0 Å². The van der Waals surface area contributed by atoms with Gasteiger partial charge in [-0.2, -0.15) is 0 Å². The molecule has 0 aliphatic heterocycles. The van der Waals surface area contributed by atoms with E-state index in [9.17, 15) is 0 Å². The first-order valence-electron chi connectivity index (χ1n) is 7.94. The second-order valence-corrected chi connectivity index (χ2v) is 6.56. The molecule has 0 heterocycles. The molecule has 0 saturated carbocycles. The highest BCUT2D eigenvalue weighted by Crippen LogP contribution is 2.31. The molecule has 0 amide bonds. The minimum atomic E-state index is 0.196. The van der Waals surface area contributed by atoms with Crippen molar-refractivity contribution in [2.24, 2.45) is 0 Å². The SMILES string of the molecule is C=CCCCC(NCCC)c1ccccc1C(C)(C)C. The normalized spacial score (nSPS) is 13.2. The van der Waals surface area contributed by atoms with Crippen LogP contribution in [0, 0.1) is 0 Å². The predicted octanol–water partition coefficient (Wildman–Crippen LogP) is 5.38. The minimum absolute atomic E-state index is 0.196. The van der Waals surface area contributed by atoms with E-state index in [0.29, 0.717) is 6.04 Å². The fraction of sp³-hybridized carbons (Fsp3) is 0.579. The van der Waals surface area contributed by atoms with E-state index < -0.39 is 0 Å². The van der Waals surface area contributed by atoms with Crippen LogP contribution in [0.3, 0.4) is 0 Å². The van der Waals surface area contributed by atoms with Crippen molar-refractivity contribution in [2.45, 2.75) is 64.8 Å². The fourth-order valence-electron chi connectivity index (χ4n) is 2.64. The monoisotopic (exact) mass is 273 g/mol. The van der Waals surface area contributed by atoms with Crippen molar-refractivity contribution < 1.29 is 0 Å². The predicted molar refractivity (Wildman–Crippen MR) is 90.2 cm³/mol. The summed E-state index contributed by atoms with van der Waals surface area (Å²) >= 11 is 0. The smallest absolute Gasteiger partial charge is 0.0323 e. The van der Waals surface area contributed by atoms with E-state index >= 15 is 0 Å². The Morgan fingerprint density at radius 1 is 1.25 bits per heavy atom. The van der Waals surface area contributed by atoms with Crippen LogP contribution in [0.5, 0.6) is 0 Å². The molecule has 0 aliphatic rings. The maximum Gasteiger partial charge on any atom is 0.0323 e. The molecule has 1 aromatic rings. The first-order valence-corrected chi connectivity index (χ1v) is 7.94. The third kappa shape index (κ3) is 5.13. The molecule has 0 spiro atoms. The molecule has 1 heteroatoms. The molecule has 1 aromatic carbocycles. The molecule has 0 saturated heterocycles. The van der Waals surface area contributed by atoms with Gasteiger partial charge in [0.1, 0.15) is 0 Å². The largest absolute Gasteiger partial charge is 0.310 e. The van der Waals surface area contributed by atoms with Crippen molar-refractivity contribution in [3.05, 3.63) is 48.0 Å². The molecular weight excluding hydrogens is 242 g/mol. The topological polar surface area (TPSA) is 12.0 Å². The lowest BCUT2D eigenvalue weighted by atomic mass is 9.81. The summed E-state index contributed by atoms with van der Waals surface area (Å²) in [6.07, 6.45) is 6.67. The fourth-order valence-corrected chi connectivity index (χ4v) is 2.64. The molecule has 1 unspecified atom stereocenters. The lowest BCUT2D eigenvalue weighted by Crippen LogP contribution is -2.26. The van der Waals surface area contributed by atoms with E-state index in [1.54, 1.807) is 0 Å². The number of nitrogens with one attached hydrogen (secondary N) is 1. The average molecular weight is 273 g/mol. The van der Waals surface area contributed by atoms with E-state index in [2.05, 4.69) is 63.9 Å². The first-order chi connectivity index (χ1) is 9.50. The first kappa shape index (κ1) is 17.0. The number of unbranched alkanes of at least 4 members (excludes halogenated alkanes) is 1. The lowest BCUT2D eigenvalue weighted by Gasteiger charge is -2.28. The molecule has 0 radical (unpaired) electrons. The molecule has 1 atom stereocenters. The van der Waals surface area contributed by atoms with Gasteiger partial charge in [-0.25, -0.2) is 0 Å². The van der Waals surface area contributed by atoms with Gasteiger partial charge in [0.25, 0.3) is 0 Å². The van der Waals surface area contributed by atoms with E-state index in [1.807, 2.05) is 6.08 Å². The Kier molecular flexibility index (Phi) is 7.01. The number of hydrogen-bond acceptors (Lipinski definition) is 1. The molecule has 0 bridgehead atoms. The Bertz CT molecular complexity index is 400. The Hall–Kier alpha value is -1.08. The van der Waals surface area contributed by atoms with Crippen LogP contribution in [-0.2, 0) is 5.41 Å². The molecular formula is C19H31N. The van der Waals surface area contributed by atoms with Crippen molar-refractivity contribution in [1.82, 2.24) is 5.32 Å². The summed E-state index contributed by atoms with van der Waals surface area (Å²) < 4.78 is 0. The summed E-state index contributed by atoms with van der Waals surface area (Å²) in [6, 6.07) is 9.36. The zero-order valence-electron chi connectivity index (χ0n) is 13.7. The molecule has 20 heavy (non-hydrogen) atoms. The summed E-state index contributed by atoms with van der Waals surface area (Å²) in [4.78, 5) is 0. The third-order valence-corrected chi connectivity index (χ3v) is 3.69. The second kappa shape index (κ2) is 8.26. The van der Waals surface area contributed by atoms with Crippen LogP contribution in [0.1, 0.15) is 70.5 Å². The Morgan fingerprint density at radius 3 is 2.55 bits per heavy atom. The van der Waals surface area contributed by atoms with E-state index in [4.69, 9.17) is 0 Å². The standard InChI is InChI=1S/C19H31N/c1-6-8-9-14-18(20-15-7-2)16-12-10-11-13-17(16)19(3,4)5/h6,10-13,18,20H,1,7-9,14-15H2,2-5H3. The van der Waals surface area contributed by atoms with Gasteiger partial charge in [-0.05, 0) is 48.8 Å². The van der Waals surface area contributed by atoms with Crippen LogP contribution in [-0.4, -0.2) is 6.54 Å². The van der Waals surface area contributed by atoms with Gasteiger partial charge in [0.15, 0.2) is 0 Å². The zero-order valence-corrected chi connectivity index (χ0v) is 13.7. The Labute approximate surface area is 125 Å². The Morgan fingerprint density at radius 2 is 1.95 bits per heavy atom.